The van der Waals surface area contributed by atoms with E-state index in [1.54, 1.807) is 18.9 Å². The summed E-state index contributed by atoms with van der Waals surface area (Å²) in [5, 5.41) is 10.1. The summed E-state index contributed by atoms with van der Waals surface area (Å²) in [4.78, 5) is 4.64. The van der Waals surface area contributed by atoms with E-state index in [0.717, 1.165) is 35.4 Å². The number of nitrogens with zero attached hydrogens (tertiary/aromatic N) is 3. The van der Waals surface area contributed by atoms with Crippen LogP contribution in [0.4, 0.5) is 17.1 Å². The van der Waals surface area contributed by atoms with Gasteiger partial charge in [-0.3, -0.25) is 4.90 Å². The van der Waals surface area contributed by atoms with Gasteiger partial charge in [-0.05, 0) is 48.2 Å². The molecule has 2 atom stereocenters. The van der Waals surface area contributed by atoms with Crippen molar-refractivity contribution in [2.24, 2.45) is 10.2 Å². The van der Waals surface area contributed by atoms with E-state index in [4.69, 9.17) is 4.74 Å². The average molecular weight is 436 g/mol. The van der Waals surface area contributed by atoms with Gasteiger partial charge in [0.15, 0.2) is 0 Å². The molecule has 3 rings (SSSR count). The molecule has 0 spiro atoms. The maximum Gasteiger partial charge on any atom is 0.257 e. The number of thioether (sulfide) groups is 1. The molecule has 0 amide bonds. The number of rotatable bonds is 7. The van der Waals surface area contributed by atoms with Crippen molar-refractivity contribution in [2.45, 2.75) is 16.8 Å². The molecule has 2 aromatic carbocycles. The predicted octanol–water partition coefficient (Wildman–Crippen LogP) is 4.24. The number of nitrogens with one attached hydrogen (secondary N) is 1. The number of halogens is 1. The zero-order chi connectivity index (χ0) is 18.5. The number of fused-ring (bicyclic) bond motifs is 1. The summed E-state index contributed by atoms with van der Waals surface area (Å²) in [6.07, 6.45) is 1.09. The van der Waals surface area contributed by atoms with E-state index in [2.05, 4.69) is 55.3 Å². The molecule has 0 radical (unpaired) electrons. The molecule has 1 N–H and O–H groups in total. The molecule has 7 heteroatoms. The smallest absolute Gasteiger partial charge is 0.257 e. The van der Waals surface area contributed by atoms with Crippen LogP contribution in [0.1, 0.15) is 6.42 Å². The monoisotopic (exact) mass is 435 g/mol. The number of hydrogen-bond donors (Lipinski definition) is 1. The Morgan fingerprint density at radius 3 is 2.62 bits per heavy atom. The van der Waals surface area contributed by atoms with Gasteiger partial charge in [-0.2, -0.15) is 0 Å². The number of benzene rings is 2. The van der Waals surface area contributed by atoms with Crippen LogP contribution in [0.25, 0.3) is 0 Å². The molecule has 1 aliphatic heterocycles. The third-order valence-electron chi connectivity index (χ3n) is 4.30. The summed E-state index contributed by atoms with van der Waals surface area (Å²) in [5.41, 5.74) is 3.35. The van der Waals surface area contributed by atoms with Crippen LogP contribution in [0.2, 0.25) is 0 Å². The highest BCUT2D eigenvalue weighted by molar-refractivity contribution is 9.09. The standard InChI is InChI=1S/C19H23BrN4OS/c1-23(2)15-7-5-14(6-8-15)21-22-19-24(12-4-11-20)17-10-9-16(25-3)13-18(17)26-19/h5-10,13,19H,4,11-12H2,1-3H3/p+1. The highest BCUT2D eigenvalue weighted by Crippen LogP contribution is 2.36. The van der Waals surface area contributed by atoms with Gasteiger partial charge in [0, 0.05) is 37.6 Å². The van der Waals surface area contributed by atoms with Gasteiger partial charge in [-0.25, -0.2) is 0 Å². The van der Waals surface area contributed by atoms with Crippen LogP contribution in [-0.2, 0) is 0 Å². The van der Waals surface area contributed by atoms with Gasteiger partial charge in [0.1, 0.15) is 11.4 Å². The topological polar surface area (TPSA) is 41.6 Å². The maximum atomic E-state index is 5.36. The van der Waals surface area contributed by atoms with Gasteiger partial charge in [-0.1, -0.05) is 15.9 Å². The Kier molecular flexibility index (Phi) is 6.56. The van der Waals surface area contributed by atoms with Crippen LogP contribution in [-0.4, -0.2) is 38.6 Å². The first-order chi connectivity index (χ1) is 12.6. The Labute approximate surface area is 167 Å². The van der Waals surface area contributed by atoms with Crippen LogP contribution in [0, 0.1) is 0 Å². The minimum Gasteiger partial charge on any atom is -0.497 e. The van der Waals surface area contributed by atoms with Crippen molar-refractivity contribution < 1.29 is 9.64 Å². The Hall–Kier alpha value is -1.57. The lowest BCUT2D eigenvalue weighted by atomic mass is 10.2. The molecular formula is C19H24BrN4OS+. The van der Waals surface area contributed by atoms with Crippen LogP contribution in [0.5, 0.6) is 5.75 Å². The molecule has 0 aromatic heterocycles. The van der Waals surface area contributed by atoms with E-state index in [-0.39, 0.29) is 5.50 Å². The molecule has 0 aliphatic carbocycles. The van der Waals surface area contributed by atoms with E-state index in [1.165, 1.54) is 15.5 Å². The second-order valence-electron chi connectivity index (χ2n) is 6.28. The Morgan fingerprint density at radius 2 is 1.96 bits per heavy atom. The van der Waals surface area contributed by atoms with Crippen LogP contribution >= 0.6 is 27.7 Å². The second-order valence-corrected chi connectivity index (χ2v) is 8.19. The molecule has 0 saturated carbocycles. The van der Waals surface area contributed by atoms with E-state index in [0.29, 0.717) is 0 Å². The molecule has 0 fully saturated rings. The lowest BCUT2D eigenvalue weighted by Crippen LogP contribution is -3.09. The van der Waals surface area contributed by atoms with E-state index in [1.807, 2.05) is 32.3 Å². The van der Waals surface area contributed by atoms with Crippen molar-refractivity contribution in [1.29, 1.82) is 0 Å². The third-order valence-corrected chi connectivity index (χ3v) is 6.05. The minimum absolute atomic E-state index is 0.0321. The van der Waals surface area contributed by atoms with E-state index < -0.39 is 0 Å². The zero-order valence-corrected chi connectivity index (χ0v) is 17.7. The Balaban J connectivity index is 1.79. The SMILES string of the molecule is COc1ccc2c(c1)SC(N=Nc1ccc(N(C)C)cc1)[NH+]2CCCBr. The first kappa shape index (κ1) is 19.2. The zero-order valence-electron chi connectivity index (χ0n) is 15.3. The fourth-order valence-corrected chi connectivity index (χ4v) is 4.37. The number of alkyl halides is 1. The van der Waals surface area contributed by atoms with Crippen molar-refractivity contribution in [3.05, 3.63) is 42.5 Å². The van der Waals surface area contributed by atoms with Gasteiger partial charge in [0.05, 0.1) is 24.2 Å². The van der Waals surface area contributed by atoms with Crippen molar-refractivity contribution in [1.82, 2.24) is 0 Å². The maximum absolute atomic E-state index is 5.36. The molecule has 5 nitrogen and oxygen atoms in total. The lowest BCUT2D eigenvalue weighted by molar-refractivity contribution is -0.841. The molecule has 1 aliphatic rings. The first-order valence-corrected chi connectivity index (χ1v) is 10.6. The predicted molar refractivity (Wildman–Crippen MR) is 112 cm³/mol. The van der Waals surface area contributed by atoms with Crippen molar-refractivity contribution in [3.63, 3.8) is 0 Å². The van der Waals surface area contributed by atoms with E-state index in [9.17, 15) is 0 Å². The van der Waals surface area contributed by atoms with Gasteiger partial charge in [0.2, 0.25) is 0 Å². The fraction of sp³-hybridized carbons (Fsp3) is 0.368. The van der Waals surface area contributed by atoms with Crippen LogP contribution < -0.4 is 14.5 Å². The molecule has 0 bridgehead atoms. The number of ether oxygens (including phenoxy) is 1. The molecular weight excluding hydrogens is 412 g/mol. The summed E-state index contributed by atoms with van der Waals surface area (Å²) < 4.78 is 5.36. The highest BCUT2D eigenvalue weighted by atomic mass is 79.9. The van der Waals surface area contributed by atoms with Gasteiger partial charge >= 0.3 is 0 Å². The summed E-state index contributed by atoms with van der Waals surface area (Å²) in [5.74, 6) is 0.882. The normalized spacial score (nSPS) is 18.9. The first-order valence-electron chi connectivity index (χ1n) is 8.57. The van der Waals surface area contributed by atoms with Crippen molar-refractivity contribution in [2.75, 3.05) is 38.0 Å². The number of anilines is 1. The molecule has 2 aromatic rings. The Morgan fingerprint density at radius 1 is 1.19 bits per heavy atom. The molecule has 2 unspecified atom stereocenters. The van der Waals surface area contributed by atoms with Crippen LogP contribution in [0.3, 0.4) is 0 Å². The number of quaternary nitrogens is 1. The Bertz CT molecular complexity index is 767. The van der Waals surface area contributed by atoms with Gasteiger partial charge < -0.3 is 9.64 Å². The third kappa shape index (κ3) is 4.39. The van der Waals surface area contributed by atoms with Gasteiger partial charge in [0.25, 0.3) is 5.50 Å². The summed E-state index contributed by atoms with van der Waals surface area (Å²) in [6, 6.07) is 14.4. The quantitative estimate of drug-likeness (QED) is 0.522. The largest absolute Gasteiger partial charge is 0.497 e. The molecule has 0 saturated heterocycles. The van der Waals surface area contributed by atoms with Crippen molar-refractivity contribution in [3.8, 4) is 5.75 Å². The van der Waals surface area contributed by atoms with E-state index >= 15 is 0 Å². The second kappa shape index (κ2) is 8.88. The summed E-state index contributed by atoms with van der Waals surface area (Å²) >= 11 is 5.29. The number of azo groups is 1. The number of hydrogen-bond acceptors (Lipinski definition) is 5. The van der Waals surface area contributed by atoms with Crippen LogP contribution in [0.15, 0.2) is 57.6 Å². The van der Waals surface area contributed by atoms with Crippen molar-refractivity contribution >= 4 is 44.8 Å². The number of methoxy groups -OCH3 is 1. The summed E-state index contributed by atoms with van der Waals surface area (Å²) in [7, 11) is 5.76. The summed E-state index contributed by atoms with van der Waals surface area (Å²) in [6.45, 7) is 1.01. The molecule has 26 heavy (non-hydrogen) atoms. The fourth-order valence-electron chi connectivity index (χ4n) is 2.86. The molecule has 1 heterocycles. The minimum atomic E-state index is 0.0321. The molecule has 138 valence electrons. The highest BCUT2D eigenvalue weighted by Gasteiger charge is 2.35. The average Bonchev–Trinajstić information content (AvgIpc) is 3.01. The lowest BCUT2D eigenvalue weighted by Gasteiger charge is -2.16. The van der Waals surface area contributed by atoms with Gasteiger partial charge in [-0.15, -0.1) is 10.2 Å².